The van der Waals surface area contributed by atoms with Crippen LogP contribution in [0.15, 0.2) is 24.3 Å². The highest BCUT2D eigenvalue weighted by atomic mass is 16.6. The number of likely N-dealkylation sites (N-methyl/N-ethyl adjacent to an activating group) is 1. The van der Waals surface area contributed by atoms with E-state index >= 15 is 0 Å². The van der Waals surface area contributed by atoms with Crippen LogP contribution >= 0.6 is 0 Å². The van der Waals surface area contributed by atoms with Crippen molar-refractivity contribution in [3.05, 3.63) is 39.9 Å². The van der Waals surface area contributed by atoms with E-state index in [9.17, 15) is 20.0 Å². The molecule has 0 aliphatic carbocycles. The first kappa shape index (κ1) is 15.1. The van der Waals surface area contributed by atoms with Crippen LogP contribution in [0.3, 0.4) is 0 Å². The van der Waals surface area contributed by atoms with Crippen molar-refractivity contribution >= 4 is 11.6 Å². The summed E-state index contributed by atoms with van der Waals surface area (Å²) in [5.41, 5.74) is -0.105. The lowest BCUT2D eigenvalue weighted by atomic mass is 10.0. The molecule has 0 spiro atoms. The largest absolute Gasteiger partial charge is 0.394 e. The molecule has 0 aliphatic heterocycles. The maximum absolute atomic E-state index is 12.0. The Labute approximate surface area is 111 Å². The highest BCUT2D eigenvalue weighted by Crippen LogP contribution is 2.16. The van der Waals surface area contributed by atoms with Gasteiger partial charge in [0, 0.05) is 19.2 Å². The number of nitro benzene ring substituents is 1. The van der Waals surface area contributed by atoms with Crippen molar-refractivity contribution in [1.29, 1.82) is 0 Å². The lowest BCUT2D eigenvalue weighted by molar-refractivity contribution is -0.384. The monoisotopic (exact) mass is 266 g/mol. The Bertz CT molecular complexity index is 485. The van der Waals surface area contributed by atoms with Gasteiger partial charge in [0.1, 0.15) is 0 Å². The van der Waals surface area contributed by atoms with Crippen LogP contribution < -0.4 is 0 Å². The molecule has 1 rings (SSSR count). The third-order valence-corrected chi connectivity index (χ3v) is 3.15. The van der Waals surface area contributed by atoms with Crippen molar-refractivity contribution in [2.75, 3.05) is 13.7 Å². The van der Waals surface area contributed by atoms with Crippen LogP contribution in [-0.4, -0.2) is 40.0 Å². The first-order valence-electron chi connectivity index (χ1n) is 5.89. The van der Waals surface area contributed by atoms with E-state index in [0.717, 1.165) is 0 Å². The first-order chi connectivity index (χ1) is 8.77. The molecule has 0 aromatic heterocycles. The first-order valence-corrected chi connectivity index (χ1v) is 5.89. The minimum Gasteiger partial charge on any atom is -0.394 e. The molecule has 19 heavy (non-hydrogen) atoms. The van der Waals surface area contributed by atoms with Crippen molar-refractivity contribution < 1.29 is 14.8 Å². The van der Waals surface area contributed by atoms with Gasteiger partial charge in [-0.25, -0.2) is 0 Å². The molecule has 1 N–H and O–H groups in total. The van der Waals surface area contributed by atoms with Gasteiger partial charge in [-0.3, -0.25) is 14.9 Å². The Kier molecular flexibility index (Phi) is 4.61. The van der Waals surface area contributed by atoms with E-state index in [2.05, 4.69) is 0 Å². The lowest BCUT2D eigenvalue weighted by Crippen LogP contribution is -2.48. The standard InChI is InChI=1S/C13H18N2O4/c1-13(2,9-16)14(3)12(17)8-10-5-4-6-11(7-10)15(18)19/h4-7,16H,8-9H2,1-3H3. The van der Waals surface area contributed by atoms with Gasteiger partial charge in [-0.05, 0) is 19.4 Å². The van der Waals surface area contributed by atoms with Crippen LogP contribution in [0.2, 0.25) is 0 Å². The molecule has 1 aromatic rings. The van der Waals surface area contributed by atoms with Gasteiger partial charge >= 0.3 is 0 Å². The molecule has 0 saturated carbocycles. The second-order valence-electron chi connectivity index (χ2n) is 5.03. The highest BCUT2D eigenvalue weighted by Gasteiger charge is 2.26. The Morgan fingerprint density at radius 2 is 2.11 bits per heavy atom. The van der Waals surface area contributed by atoms with E-state index in [4.69, 9.17) is 0 Å². The Morgan fingerprint density at radius 3 is 2.63 bits per heavy atom. The third kappa shape index (κ3) is 3.75. The van der Waals surface area contributed by atoms with Gasteiger partial charge in [-0.15, -0.1) is 0 Å². The fourth-order valence-corrected chi connectivity index (χ4v) is 1.52. The SMILES string of the molecule is CN(C(=O)Cc1cccc([N+](=O)[O-])c1)C(C)(C)CO. The second-order valence-corrected chi connectivity index (χ2v) is 5.03. The number of carbonyl (C=O) groups is 1. The molecular formula is C13H18N2O4. The summed E-state index contributed by atoms with van der Waals surface area (Å²) in [6.07, 6.45) is 0.0710. The van der Waals surface area contributed by atoms with Gasteiger partial charge in [-0.1, -0.05) is 12.1 Å². The molecule has 0 unspecified atom stereocenters. The van der Waals surface area contributed by atoms with Crippen LogP contribution in [0.1, 0.15) is 19.4 Å². The number of nitrogens with zero attached hydrogens (tertiary/aromatic N) is 2. The summed E-state index contributed by atoms with van der Waals surface area (Å²) in [6.45, 7) is 3.35. The zero-order valence-electron chi connectivity index (χ0n) is 11.3. The zero-order valence-corrected chi connectivity index (χ0v) is 11.3. The number of rotatable bonds is 5. The van der Waals surface area contributed by atoms with Crippen molar-refractivity contribution in [1.82, 2.24) is 4.90 Å². The van der Waals surface area contributed by atoms with Crippen molar-refractivity contribution in [3.8, 4) is 0 Å². The van der Waals surface area contributed by atoms with Crippen LogP contribution in [0.25, 0.3) is 0 Å². The number of amides is 1. The maximum atomic E-state index is 12.0. The summed E-state index contributed by atoms with van der Waals surface area (Å²) in [5.74, 6) is -0.195. The van der Waals surface area contributed by atoms with Gasteiger partial charge in [0.2, 0.25) is 5.91 Å². The highest BCUT2D eigenvalue weighted by molar-refractivity contribution is 5.79. The molecular weight excluding hydrogens is 248 g/mol. The van der Waals surface area contributed by atoms with Gasteiger partial charge in [0.25, 0.3) is 5.69 Å². The molecule has 104 valence electrons. The van der Waals surface area contributed by atoms with Gasteiger partial charge in [0.05, 0.1) is 23.5 Å². The summed E-state index contributed by atoms with van der Waals surface area (Å²) >= 11 is 0. The molecule has 0 aliphatic rings. The number of benzene rings is 1. The summed E-state index contributed by atoms with van der Waals surface area (Å²) < 4.78 is 0. The minimum atomic E-state index is -0.655. The van der Waals surface area contributed by atoms with E-state index in [0.29, 0.717) is 5.56 Å². The maximum Gasteiger partial charge on any atom is 0.269 e. The molecule has 0 bridgehead atoms. The number of aliphatic hydroxyl groups excluding tert-OH is 1. The smallest absolute Gasteiger partial charge is 0.269 e. The third-order valence-electron chi connectivity index (χ3n) is 3.15. The molecule has 1 aromatic carbocycles. The van der Waals surface area contributed by atoms with Crippen molar-refractivity contribution in [2.45, 2.75) is 25.8 Å². The Morgan fingerprint density at radius 1 is 1.47 bits per heavy atom. The number of carbonyl (C=O) groups excluding carboxylic acids is 1. The van der Waals surface area contributed by atoms with Crippen LogP contribution in [-0.2, 0) is 11.2 Å². The molecule has 0 atom stereocenters. The predicted molar refractivity (Wildman–Crippen MR) is 70.7 cm³/mol. The Hall–Kier alpha value is -1.95. The molecule has 1 amide bonds. The van der Waals surface area contributed by atoms with Gasteiger partial charge in [0.15, 0.2) is 0 Å². The van der Waals surface area contributed by atoms with E-state index in [1.54, 1.807) is 33.0 Å². The quantitative estimate of drug-likeness (QED) is 0.644. The van der Waals surface area contributed by atoms with Crippen molar-refractivity contribution in [2.24, 2.45) is 0 Å². The van der Waals surface area contributed by atoms with E-state index in [1.165, 1.54) is 17.0 Å². The molecule has 0 heterocycles. The number of non-ortho nitro benzene ring substituents is 1. The van der Waals surface area contributed by atoms with Crippen LogP contribution in [0, 0.1) is 10.1 Å². The number of aliphatic hydroxyl groups is 1. The fraction of sp³-hybridized carbons (Fsp3) is 0.462. The van der Waals surface area contributed by atoms with Crippen LogP contribution in [0.5, 0.6) is 0 Å². The van der Waals surface area contributed by atoms with E-state index < -0.39 is 10.5 Å². The van der Waals surface area contributed by atoms with E-state index in [-0.39, 0.29) is 24.6 Å². The summed E-state index contributed by atoms with van der Waals surface area (Å²) in [7, 11) is 1.61. The summed E-state index contributed by atoms with van der Waals surface area (Å²) in [5, 5.41) is 19.9. The molecule has 0 saturated heterocycles. The van der Waals surface area contributed by atoms with Crippen LogP contribution in [0.4, 0.5) is 5.69 Å². The lowest BCUT2D eigenvalue weighted by Gasteiger charge is -2.34. The van der Waals surface area contributed by atoms with E-state index in [1.807, 2.05) is 0 Å². The predicted octanol–water partition coefficient (Wildman–Crippen LogP) is 1.37. The molecule has 6 nitrogen and oxygen atoms in total. The number of hydrogen-bond donors (Lipinski definition) is 1. The minimum absolute atomic E-state index is 0.0330. The zero-order chi connectivity index (χ0) is 14.6. The van der Waals surface area contributed by atoms with Crippen molar-refractivity contribution in [3.63, 3.8) is 0 Å². The molecule has 0 fully saturated rings. The average Bonchev–Trinajstić information content (AvgIpc) is 2.38. The molecule has 0 radical (unpaired) electrons. The van der Waals surface area contributed by atoms with Gasteiger partial charge in [-0.2, -0.15) is 0 Å². The summed E-state index contributed by atoms with van der Waals surface area (Å²) in [4.78, 5) is 23.7. The average molecular weight is 266 g/mol. The Balaban J connectivity index is 2.83. The number of nitro groups is 1. The normalized spacial score (nSPS) is 11.2. The number of hydrogen-bond acceptors (Lipinski definition) is 4. The second kappa shape index (κ2) is 5.79. The fourth-order valence-electron chi connectivity index (χ4n) is 1.52. The summed E-state index contributed by atoms with van der Waals surface area (Å²) in [6, 6.07) is 6.00. The van der Waals surface area contributed by atoms with Gasteiger partial charge < -0.3 is 10.0 Å². The topological polar surface area (TPSA) is 83.7 Å². The molecule has 6 heteroatoms.